The van der Waals surface area contributed by atoms with Crippen molar-refractivity contribution in [2.75, 3.05) is 18.6 Å². The van der Waals surface area contributed by atoms with Crippen molar-refractivity contribution in [3.63, 3.8) is 0 Å². The van der Waals surface area contributed by atoms with Gasteiger partial charge in [0.25, 0.3) is 5.91 Å². The SMILES string of the molecule is CSCCCCCNC(=O)c1cc(Br)cn1C. The van der Waals surface area contributed by atoms with E-state index >= 15 is 0 Å². The average molecular weight is 319 g/mol. The molecule has 0 spiro atoms. The van der Waals surface area contributed by atoms with Crippen LogP contribution in [0.1, 0.15) is 29.8 Å². The minimum atomic E-state index is 0.00284. The van der Waals surface area contributed by atoms with Gasteiger partial charge < -0.3 is 9.88 Å². The number of amides is 1. The average Bonchev–Trinajstić information content (AvgIpc) is 2.62. The van der Waals surface area contributed by atoms with E-state index in [1.54, 1.807) is 0 Å². The second-order valence-electron chi connectivity index (χ2n) is 3.96. The molecule has 5 heteroatoms. The molecule has 0 saturated carbocycles. The van der Waals surface area contributed by atoms with Crippen LogP contribution in [0.5, 0.6) is 0 Å². The van der Waals surface area contributed by atoms with Crippen LogP contribution < -0.4 is 5.32 Å². The Labute approximate surface area is 115 Å². The number of nitrogens with zero attached hydrogens (tertiary/aromatic N) is 1. The highest BCUT2D eigenvalue weighted by molar-refractivity contribution is 9.10. The summed E-state index contributed by atoms with van der Waals surface area (Å²) in [4.78, 5) is 11.8. The number of thioether (sulfide) groups is 1. The van der Waals surface area contributed by atoms with Crippen LogP contribution in [-0.4, -0.2) is 29.0 Å². The molecule has 96 valence electrons. The van der Waals surface area contributed by atoms with Gasteiger partial charge in [0.15, 0.2) is 0 Å². The van der Waals surface area contributed by atoms with E-state index in [4.69, 9.17) is 0 Å². The van der Waals surface area contributed by atoms with Gasteiger partial charge in [0.05, 0.1) is 0 Å². The Bertz CT molecular complexity index is 365. The van der Waals surface area contributed by atoms with Crippen molar-refractivity contribution in [1.82, 2.24) is 9.88 Å². The van der Waals surface area contributed by atoms with Crippen LogP contribution in [0.15, 0.2) is 16.7 Å². The van der Waals surface area contributed by atoms with Gasteiger partial charge in [-0.25, -0.2) is 0 Å². The fraction of sp³-hybridized carbons (Fsp3) is 0.583. The molecule has 0 aliphatic carbocycles. The van der Waals surface area contributed by atoms with Gasteiger partial charge in [0.1, 0.15) is 5.69 Å². The van der Waals surface area contributed by atoms with E-state index in [9.17, 15) is 4.79 Å². The molecule has 0 radical (unpaired) electrons. The lowest BCUT2D eigenvalue weighted by Gasteiger charge is -2.05. The van der Waals surface area contributed by atoms with Gasteiger partial charge in [-0.05, 0) is 46.8 Å². The first-order chi connectivity index (χ1) is 8.15. The van der Waals surface area contributed by atoms with Crippen molar-refractivity contribution in [3.05, 3.63) is 22.4 Å². The Hall–Kier alpha value is -0.420. The quantitative estimate of drug-likeness (QED) is 0.784. The van der Waals surface area contributed by atoms with Crippen LogP contribution in [0.3, 0.4) is 0 Å². The first-order valence-corrected chi connectivity index (χ1v) is 7.93. The van der Waals surface area contributed by atoms with Crippen molar-refractivity contribution in [2.24, 2.45) is 7.05 Å². The Morgan fingerprint density at radius 1 is 1.47 bits per heavy atom. The zero-order valence-corrected chi connectivity index (χ0v) is 12.7. The van der Waals surface area contributed by atoms with Crippen LogP contribution in [0.2, 0.25) is 0 Å². The number of aryl methyl sites for hydroxylation is 1. The summed E-state index contributed by atoms with van der Waals surface area (Å²) in [5, 5.41) is 2.94. The summed E-state index contributed by atoms with van der Waals surface area (Å²) in [5.41, 5.74) is 0.695. The summed E-state index contributed by atoms with van der Waals surface area (Å²) in [6, 6.07) is 1.84. The second kappa shape index (κ2) is 7.82. The molecule has 1 amide bonds. The molecule has 0 aliphatic heterocycles. The van der Waals surface area contributed by atoms with Gasteiger partial charge in [-0.2, -0.15) is 11.8 Å². The Morgan fingerprint density at radius 2 is 2.24 bits per heavy atom. The number of carbonyl (C=O) groups excluding carboxylic acids is 1. The molecule has 0 fully saturated rings. The fourth-order valence-electron chi connectivity index (χ4n) is 1.59. The van der Waals surface area contributed by atoms with Gasteiger partial charge in [0, 0.05) is 24.3 Å². The van der Waals surface area contributed by atoms with Gasteiger partial charge >= 0.3 is 0 Å². The molecule has 1 heterocycles. The summed E-state index contributed by atoms with van der Waals surface area (Å²) < 4.78 is 2.76. The highest BCUT2D eigenvalue weighted by atomic mass is 79.9. The lowest BCUT2D eigenvalue weighted by Crippen LogP contribution is -2.26. The summed E-state index contributed by atoms with van der Waals surface area (Å²) in [6.45, 7) is 0.760. The van der Waals surface area contributed by atoms with Crippen molar-refractivity contribution >= 4 is 33.6 Å². The zero-order valence-electron chi connectivity index (χ0n) is 10.3. The number of nitrogens with one attached hydrogen (secondary N) is 1. The molecule has 1 aromatic rings. The largest absolute Gasteiger partial charge is 0.351 e. The lowest BCUT2D eigenvalue weighted by molar-refractivity contribution is 0.0945. The molecule has 0 bridgehead atoms. The molecule has 1 aromatic heterocycles. The number of aromatic nitrogens is 1. The topological polar surface area (TPSA) is 34.0 Å². The van der Waals surface area contributed by atoms with Gasteiger partial charge in [-0.1, -0.05) is 6.42 Å². The molecule has 1 rings (SSSR count). The highest BCUT2D eigenvalue weighted by Crippen LogP contribution is 2.13. The number of carbonyl (C=O) groups is 1. The van der Waals surface area contributed by atoms with E-state index in [-0.39, 0.29) is 5.91 Å². The Balaban J connectivity index is 2.23. The van der Waals surface area contributed by atoms with E-state index in [1.165, 1.54) is 18.6 Å². The minimum Gasteiger partial charge on any atom is -0.351 e. The highest BCUT2D eigenvalue weighted by Gasteiger charge is 2.09. The van der Waals surface area contributed by atoms with Crippen LogP contribution in [0.25, 0.3) is 0 Å². The number of halogens is 1. The Morgan fingerprint density at radius 3 is 2.82 bits per heavy atom. The summed E-state index contributed by atoms with van der Waals surface area (Å²) >= 11 is 5.23. The summed E-state index contributed by atoms with van der Waals surface area (Å²) in [7, 11) is 1.87. The first-order valence-electron chi connectivity index (χ1n) is 5.74. The normalized spacial score (nSPS) is 10.5. The molecule has 0 aliphatic rings. The van der Waals surface area contributed by atoms with Crippen molar-refractivity contribution in [3.8, 4) is 0 Å². The zero-order chi connectivity index (χ0) is 12.7. The van der Waals surface area contributed by atoms with Gasteiger partial charge in [-0.15, -0.1) is 0 Å². The van der Waals surface area contributed by atoms with E-state index in [2.05, 4.69) is 27.5 Å². The molecule has 17 heavy (non-hydrogen) atoms. The van der Waals surface area contributed by atoms with Crippen LogP contribution in [0.4, 0.5) is 0 Å². The van der Waals surface area contributed by atoms with Crippen molar-refractivity contribution in [1.29, 1.82) is 0 Å². The lowest BCUT2D eigenvalue weighted by atomic mass is 10.2. The van der Waals surface area contributed by atoms with Gasteiger partial charge in [-0.3, -0.25) is 4.79 Å². The molecule has 1 N–H and O–H groups in total. The van der Waals surface area contributed by atoms with Crippen molar-refractivity contribution < 1.29 is 4.79 Å². The predicted octanol–water partition coefficient (Wildman–Crippen LogP) is 3.05. The molecule has 3 nitrogen and oxygen atoms in total. The molecule has 0 saturated heterocycles. The molecule has 0 aromatic carbocycles. The summed E-state index contributed by atoms with van der Waals surface area (Å²) in [5.74, 6) is 1.21. The van der Waals surface area contributed by atoms with Gasteiger partial charge in [0.2, 0.25) is 0 Å². The number of rotatable bonds is 7. The van der Waals surface area contributed by atoms with Crippen LogP contribution in [-0.2, 0) is 7.05 Å². The maximum atomic E-state index is 11.8. The number of hydrogen-bond acceptors (Lipinski definition) is 2. The van der Waals surface area contributed by atoms with E-state index in [0.29, 0.717) is 5.69 Å². The summed E-state index contributed by atoms with van der Waals surface area (Å²) in [6.07, 6.45) is 7.46. The van der Waals surface area contributed by atoms with Crippen LogP contribution >= 0.6 is 27.7 Å². The molecular weight excluding hydrogens is 300 g/mol. The maximum absolute atomic E-state index is 11.8. The Kier molecular flexibility index (Phi) is 6.73. The van der Waals surface area contributed by atoms with E-state index < -0.39 is 0 Å². The molecular formula is C12H19BrN2OS. The molecule has 0 atom stereocenters. The third kappa shape index (κ3) is 5.17. The standard InChI is InChI=1S/C12H19BrN2OS/c1-15-9-10(13)8-11(15)12(16)14-6-4-3-5-7-17-2/h8-9H,3-7H2,1-2H3,(H,14,16). The third-order valence-corrected chi connectivity index (χ3v) is 3.65. The number of unbranched alkanes of at least 4 members (excludes halogenated alkanes) is 2. The van der Waals surface area contributed by atoms with Crippen molar-refractivity contribution in [2.45, 2.75) is 19.3 Å². The molecule has 0 unspecified atom stereocenters. The predicted molar refractivity (Wildman–Crippen MR) is 77.7 cm³/mol. The smallest absolute Gasteiger partial charge is 0.267 e. The second-order valence-corrected chi connectivity index (χ2v) is 5.87. The first kappa shape index (κ1) is 14.6. The van der Waals surface area contributed by atoms with E-state index in [1.807, 2.05) is 35.6 Å². The fourth-order valence-corrected chi connectivity index (χ4v) is 2.61. The minimum absolute atomic E-state index is 0.00284. The number of hydrogen-bond donors (Lipinski definition) is 1. The van der Waals surface area contributed by atoms with Crippen LogP contribution in [0, 0.1) is 0 Å². The monoisotopic (exact) mass is 318 g/mol. The maximum Gasteiger partial charge on any atom is 0.267 e. The van der Waals surface area contributed by atoms with E-state index in [0.717, 1.165) is 17.4 Å². The third-order valence-electron chi connectivity index (χ3n) is 2.52.